The first-order chi connectivity index (χ1) is 13.5. The summed E-state index contributed by atoms with van der Waals surface area (Å²) < 4.78 is 10.6. The van der Waals surface area contributed by atoms with Crippen molar-refractivity contribution in [3.8, 4) is 5.75 Å². The van der Waals surface area contributed by atoms with Crippen molar-refractivity contribution in [2.45, 2.75) is 37.8 Å². The molecule has 0 unspecified atom stereocenters. The van der Waals surface area contributed by atoms with E-state index in [2.05, 4.69) is 11.0 Å². The average molecular weight is 389 g/mol. The van der Waals surface area contributed by atoms with Gasteiger partial charge in [0, 0.05) is 51.8 Å². The maximum atomic E-state index is 12.9. The van der Waals surface area contributed by atoms with Crippen LogP contribution in [0.3, 0.4) is 0 Å². The second-order valence-electron chi connectivity index (χ2n) is 7.76. The Balaban J connectivity index is 1.47. The molecule has 152 valence electrons. The highest BCUT2D eigenvalue weighted by molar-refractivity contribution is 5.98. The molecule has 0 radical (unpaired) electrons. The topological polar surface area (TPSA) is 82.6 Å². The number of rotatable bonds is 5. The number of methoxy groups -OCH3 is 2. The lowest BCUT2D eigenvalue weighted by Gasteiger charge is -2.47. The Bertz CT molecular complexity index is 770. The summed E-state index contributed by atoms with van der Waals surface area (Å²) in [5.74, 6) is 0.732. The number of hydrogen-bond acceptors (Lipinski definition) is 6. The Hall–Kier alpha value is -2.16. The summed E-state index contributed by atoms with van der Waals surface area (Å²) >= 11 is 0. The summed E-state index contributed by atoms with van der Waals surface area (Å²) in [6.45, 7) is 3.19. The quantitative estimate of drug-likeness (QED) is 0.753. The predicted octanol–water partition coefficient (Wildman–Crippen LogP) is -0.170. The number of piperazine rings is 2. The molecule has 3 atom stereocenters. The summed E-state index contributed by atoms with van der Waals surface area (Å²) in [7, 11) is 3.29. The largest absolute Gasteiger partial charge is 0.496 e. The molecule has 3 saturated heterocycles. The van der Waals surface area contributed by atoms with Crippen molar-refractivity contribution < 1.29 is 24.2 Å². The third-order valence-corrected chi connectivity index (χ3v) is 5.93. The molecule has 0 spiro atoms. The first-order valence-corrected chi connectivity index (χ1v) is 9.68. The van der Waals surface area contributed by atoms with E-state index in [0.29, 0.717) is 32.7 Å². The highest BCUT2D eigenvalue weighted by Gasteiger charge is 2.51. The Morgan fingerprint density at radius 2 is 1.86 bits per heavy atom. The fourth-order valence-corrected chi connectivity index (χ4v) is 4.59. The van der Waals surface area contributed by atoms with Gasteiger partial charge in [-0.05, 0) is 17.7 Å². The zero-order chi connectivity index (χ0) is 19.8. The van der Waals surface area contributed by atoms with Crippen LogP contribution in [0.2, 0.25) is 0 Å². The fourth-order valence-electron chi connectivity index (χ4n) is 4.59. The van der Waals surface area contributed by atoms with Crippen LogP contribution in [0.5, 0.6) is 5.75 Å². The summed E-state index contributed by atoms with van der Waals surface area (Å²) in [5, 5.41) is 9.89. The van der Waals surface area contributed by atoms with Crippen molar-refractivity contribution in [3.05, 3.63) is 29.3 Å². The lowest BCUT2D eigenvalue weighted by molar-refractivity contribution is -0.163. The number of carbonyl (C=O) groups is 2. The number of ether oxygens (including phenoxy) is 2. The number of hydrogen-bond donors (Lipinski definition) is 1. The van der Waals surface area contributed by atoms with E-state index in [9.17, 15) is 14.7 Å². The van der Waals surface area contributed by atoms with Gasteiger partial charge in [-0.15, -0.1) is 0 Å². The molecule has 0 aromatic heterocycles. The molecule has 8 nitrogen and oxygen atoms in total. The number of aliphatic hydroxyl groups is 1. The molecule has 3 heterocycles. The Kier molecular flexibility index (Phi) is 5.27. The standard InChI is InChI=1S/C20H27N3O5/c1-27-12-14-7-13(3-4-18(14)28-2)9-21-5-6-22-17(11-21)20(26)23-10-15(24)8-16(23)19(22)25/h3-4,7,15-17,24H,5-6,8-12H2,1-2H3/t15-,16+,17-/m1/s1. The van der Waals surface area contributed by atoms with Crippen LogP contribution in [0, 0.1) is 0 Å². The summed E-state index contributed by atoms with van der Waals surface area (Å²) in [4.78, 5) is 31.2. The Labute approximate surface area is 164 Å². The van der Waals surface area contributed by atoms with Gasteiger partial charge in [-0.2, -0.15) is 0 Å². The van der Waals surface area contributed by atoms with E-state index in [4.69, 9.17) is 9.47 Å². The molecule has 8 heteroatoms. The molecule has 4 rings (SSSR count). The second kappa shape index (κ2) is 7.69. The molecule has 0 saturated carbocycles. The van der Waals surface area contributed by atoms with Crippen LogP contribution in [0.4, 0.5) is 0 Å². The molecular formula is C20H27N3O5. The number of nitrogens with zero attached hydrogens (tertiary/aromatic N) is 3. The first kappa shape index (κ1) is 19.2. The van der Waals surface area contributed by atoms with E-state index in [1.165, 1.54) is 0 Å². The van der Waals surface area contributed by atoms with E-state index in [-0.39, 0.29) is 18.4 Å². The van der Waals surface area contributed by atoms with Crippen LogP contribution in [-0.4, -0.2) is 90.2 Å². The minimum atomic E-state index is -0.603. The van der Waals surface area contributed by atoms with E-state index >= 15 is 0 Å². The highest BCUT2D eigenvalue weighted by atomic mass is 16.5. The summed E-state index contributed by atoms with van der Waals surface area (Å²) in [6, 6.07) is 5.08. The molecule has 0 bridgehead atoms. The molecule has 0 aliphatic carbocycles. The predicted molar refractivity (Wildman–Crippen MR) is 101 cm³/mol. The maximum absolute atomic E-state index is 12.9. The molecule has 2 amide bonds. The van der Waals surface area contributed by atoms with Crippen LogP contribution >= 0.6 is 0 Å². The first-order valence-electron chi connectivity index (χ1n) is 9.68. The number of aliphatic hydroxyl groups excluding tert-OH is 1. The molecule has 28 heavy (non-hydrogen) atoms. The van der Waals surface area contributed by atoms with Crippen LogP contribution in [0.25, 0.3) is 0 Å². The summed E-state index contributed by atoms with van der Waals surface area (Å²) in [5.41, 5.74) is 2.10. The van der Waals surface area contributed by atoms with Crippen LogP contribution in [0.15, 0.2) is 18.2 Å². The van der Waals surface area contributed by atoms with Gasteiger partial charge in [-0.3, -0.25) is 14.5 Å². The number of benzene rings is 1. The van der Waals surface area contributed by atoms with Gasteiger partial charge in [-0.1, -0.05) is 6.07 Å². The fraction of sp³-hybridized carbons (Fsp3) is 0.600. The minimum absolute atomic E-state index is 0.0207. The Morgan fingerprint density at radius 1 is 1.07 bits per heavy atom. The molecular weight excluding hydrogens is 362 g/mol. The highest BCUT2D eigenvalue weighted by Crippen LogP contribution is 2.30. The minimum Gasteiger partial charge on any atom is -0.496 e. The monoisotopic (exact) mass is 389 g/mol. The van der Waals surface area contributed by atoms with Crippen LogP contribution in [-0.2, 0) is 27.5 Å². The van der Waals surface area contributed by atoms with Gasteiger partial charge < -0.3 is 24.4 Å². The van der Waals surface area contributed by atoms with Gasteiger partial charge in [0.15, 0.2) is 0 Å². The van der Waals surface area contributed by atoms with Gasteiger partial charge in [0.1, 0.15) is 17.8 Å². The SMILES string of the molecule is COCc1cc(CN2CCN3C(=O)[C@@H]4C[C@@H](O)CN4C(=O)[C@H]3C2)ccc1OC. The molecule has 3 aliphatic heterocycles. The summed E-state index contributed by atoms with van der Waals surface area (Å²) in [6.07, 6.45) is -0.250. The zero-order valence-corrected chi connectivity index (χ0v) is 16.3. The van der Waals surface area contributed by atoms with Gasteiger partial charge in [-0.25, -0.2) is 0 Å². The second-order valence-corrected chi connectivity index (χ2v) is 7.76. The van der Waals surface area contributed by atoms with E-state index in [1.807, 2.05) is 12.1 Å². The molecule has 3 fully saturated rings. The normalized spacial score (nSPS) is 27.8. The van der Waals surface area contributed by atoms with Gasteiger partial charge >= 0.3 is 0 Å². The van der Waals surface area contributed by atoms with Crippen LogP contribution < -0.4 is 4.74 Å². The number of carbonyl (C=O) groups excluding carboxylic acids is 2. The molecule has 1 N–H and O–H groups in total. The third-order valence-electron chi connectivity index (χ3n) is 5.93. The van der Waals surface area contributed by atoms with Crippen molar-refractivity contribution in [1.82, 2.24) is 14.7 Å². The lowest BCUT2D eigenvalue weighted by atomic mass is 10.0. The van der Waals surface area contributed by atoms with Crippen LogP contribution in [0.1, 0.15) is 17.5 Å². The average Bonchev–Trinajstić information content (AvgIpc) is 3.09. The lowest BCUT2D eigenvalue weighted by Crippen LogP contribution is -2.68. The van der Waals surface area contributed by atoms with Gasteiger partial charge in [0.2, 0.25) is 11.8 Å². The molecule has 1 aromatic rings. The van der Waals surface area contributed by atoms with E-state index < -0.39 is 18.2 Å². The van der Waals surface area contributed by atoms with E-state index in [1.54, 1.807) is 24.0 Å². The number of fused-ring (bicyclic) bond motifs is 2. The van der Waals surface area contributed by atoms with E-state index in [0.717, 1.165) is 23.4 Å². The van der Waals surface area contributed by atoms with Crippen molar-refractivity contribution in [1.29, 1.82) is 0 Å². The maximum Gasteiger partial charge on any atom is 0.247 e. The van der Waals surface area contributed by atoms with Gasteiger partial charge in [0.25, 0.3) is 0 Å². The number of amides is 2. The smallest absolute Gasteiger partial charge is 0.247 e. The molecule has 1 aromatic carbocycles. The van der Waals surface area contributed by atoms with Gasteiger partial charge in [0.05, 0.1) is 19.8 Å². The Morgan fingerprint density at radius 3 is 2.61 bits per heavy atom. The molecule has 3 aliphatic rings. The van der Waals surface area contributed by atoms with Crippen molar-refractivity contribution in [2.75, 3.05) is 40.4 Å². The zero-order valence-electron chi connectivity index (χ0n) is 16.3. The van der Waals surface area contributed by atoms with Crippen molar-refractivity contribution >= 4 is 11.8 Å². The third kappa shape index (κ3) is 3.36. The van der Waals surface area contributed by atoms with Crippen molar-refractivity contribution in [2.24, 2.45) is 0 Å². The van der Waals surface area contributed by atoms with Crippen molar-refractivity contribution in [3.63, 3.8) is 0 Å².